The minimum Gasteiger partial charge on any atom is -0.383 e. The first-order valence-electron chi connectivity index (χ1n) is 7.21. The highest BCUT2D eigenvalue weighted by Crippen LogP contribution is 2.04. The average Bonchev–Trinajstić information content (AvgIpc) is 2.38. The molecule has 0 bridgehead atoms. The number of ether oxygens (including phenoxy) is 1. The Morgan fingerprint density at radius 2 is 1.89 bits per heavy atom. The Hall–Kier alpha value is -0.650. The van der Waals surface area contributed by atoms with E-state index in [4.69, 9.17) is 10.5 Å². The summed E-state index contributed by atoms with van der Waals surface area (Å²) < 4.78 is 5.07. The van der Waals surface area contributed by atoms with E-state index in [1.807, 2.05) is 19.0 Å². The van der Waals surface area contributed by atoms with Gasteiger partial charge in [-0.25, -0.2) is 0 Å². The summed E-state index contributed by atoms with van der Waals surface area (Å²) >= 11 is 0. The number of nitrogens with zero attached hydrogens (tertiary/aromatic N) is 2. The van der Waals surface area contributed by atoms with Crippen molar-refractivity contribution in [2.45, 2.75) is 38.6 Å². The first-order chi connectivity index (χ1) is 9.02. The molecule has 2 N–H and O–H groups in total. The number of carbonyl (C=O) groups is 1. The molecule has 1 amide bonds. The fraction of sp³-hybridized carbons (Fsp3) is 0.929. The van der Waals surface area contributed by atoms with Gasteiger partial charge in [-0.3, -0.25) is 4.79 Å². The van der Waals surface area contributed by atoms with E-state index >= 15 is 0 Å². The smallest absolute Gasteiger partial charge is 0.239 e. The lowest BCUT2D eigenvalue weighted by Crippen LogP contribution is -2.45. The summed E-state index contributed by atoms with van der Waals surface area (Å²) in [5, 5.41) is 0. The number of methoxy groups -OCH3 is 1. The normalized spacial score (nSPS) is 12.7. The molecular weight excluding hydrogens is 242 g/mol. The maximum Gasteiger partial charge on any atom is 0.239 e. The predicted molar refractivity (Wildman–Crippen MR) is 79.1 cm³/mol. The predicted octanol–water partition coefficient (Wildman–Crippen LogP) is 0.931. The van der Waals surface area contributed by atoms with Crippen molar-refractivity contribution in [2.75, 3.05) is 47.4 Å². The maximum absolute atomic E-state index is 12.3. The summed E-state index contributed by atoms with van der Waals surface area (Å²) in [6, 6.07) is -0.365. The Labute approximate surface area is 118 Å². The van der Waals surface area contributed by atoms with Crippen molar-refractivity contribution in [3.8, 4) is 0 Å². The largest absolute Gasteiger partial charge is 0.383 e. The fourth-order valence-corrected chi connectivity index (χ4v) is 1.89. The second-order valence-corrected chi connectivity index (χ2v) is 5.22. The Morgan fingerprint density at radius 1 is 1.21 bits per heavy atom. The molecule has 0 unspecified atom stereocenters. The van der Waals surface area contributed by atoms with E-state index in [1.54, 1.807) is 7.11 Å². The number of amides is 1. The monoisotopic (exact) mass is 273 g/mol. The van der Waals surface area contributed by atoms with E-state index in [0.29, 0.717) is 13.2 Å². The molecule has 0 saturated carbocycles. The zero-order valence-electron chi connectivity index (χ0n) is 13.0. The van der Waals surface area contributed by atoms with Gasteiger partial charge < -0.3 is 20.3 Å². The molecule has 0 aromatic rings. The van der Waals surface area contributed by atoms with Gasteiger partial charge in [0.1, 0.15) is 0 Å². The van der Waals surface area contributed by atoms with Gasteiger partial charge in [0, 0.05) is 20.2 Å². The van der Waals surface area contributed by atoms with Gasteiger partial charge in [0.2, 0.25) is 5.91 Å². The van der Waals surface area contributed by atoms with Crippen molar-refractivity contribution >= 4 is 5.91 Å². The number of carbonyl (C=O) groups excluding carboxylic acids is 1. The van der Waals surface area contributed by atoms with Crippen molar-refractivity contribution in [3.63, 3.8) is 0 Å². The maximum atomic E-state index is 12.3. The minimum atomic E-state index is -0.365. The van der Waals surface area contributed by atoms with Crippen LogP contribution in [0.25, 0.3) is 0 Å². The molecule has 5 nitrogen and oxygen atoms in total. The van der Waals surface area contributed by atoms with Crippen LogP contribution >= 0.6 is 0 Å². The van der Waals surface area contributed by atoms with E-state index < -0.39 is 0 Å². The fourth-order valence-electron chi connectivity index (χ4n) is 1.89. The Balaban J connectivity index is 4.24. The van der Waals surface area contributed by atoms with Gasteiger partial charge in [-0.05, 0) is 33.5 Å². The van der Waals surface area contributed by atoms with Crippen molar-refractivity contribution < 1.29 is 9.53 Å². The SMILES string of the molecule is CCCC[C@H](N)C(=O)N(CCCN(C)C)CCOC. The number of hydrogen-bond donors (Lipinski definition) is 1. The summed E-state index contributed by atoms with van der Waals surface area (Å²) in [6.45, 7) is 5.02. The van der Waals surface area contributed by atoms with Crippen LogP contribution in [0.2, 0.25) is 0 Å². The molecule has 0 aliphatic rings. The highest BCUT2D eigenvalue weighted by Gasteiger charge is 2.19. The Bertz CT molecular complexity index is 235. The number of nitrogens with two attached hydrogens (primary N) is 1. The lowest BCUT2D eigenvalue weighted by molar-refractivity contribution is -0.133. The van der Waals surface area contributed by atoms with Gasteiger partial charge in [-0.15, -0.1) is 0 Å². The first kappa shape index (κ1) is 18.4. The zero-order valence-corrected chi connectivity index (χ0v) is 13.0. The van der Waals surface area contributed by atoms with Crippen LogP contribution in [0.4, 0.5) is 0 Å². The minimum absolute atomic E-state index is 0.0595. The van der Waals surface area contributed by atoms with Crippen LogP contribution in [0.3, 0.4) is 0 Å². The molecular formula is C14H31N3O2. The standard InChI is InChI=1S/C14H31N3O2/c1-5-6-8-13(15)14(18)17(11-12-19-4)10-7-9-16(2)3/h13H,5-12,15H2,1-4H3/t13-/m0/s1. The van der Waals surface area contributed by atoms with Crippen molar-refractivity contribution in [1.29, 1.82) is 0 Å². The molecule has 0 rings (SSSR count). The van der Waals surface area contributed by atoms with E-state index in [0.717, 1.165) is 38.8 Å². The molecule has 114 valence electrons. The van der Waals surface area contributed by atoms with E-state index in [1.165, 1.54) is 0 Å². The quantitative estimate of drug-likeness (QED) is 0.608. The lowest BCUT2D eigenvalue weighted by Gasteiger charge is -2.26. The van der Waals surface area contributed by atoms with Gasteiger partial charge in [0.15, 0.2) is 0 Å². The van der Waals surface area contributed by atoms with Gasteiger partial charge >= 0.3 is 0 Å². The second kappa shape index (κ2) is 11.2. The summed E-state index contributed by atoms with van der Waals surface area (Å²) in [5.74, 6) is 0.0595. The number of unbranched alkanes of at least 4 members (excludes halogenated alkanes) is 1. The number of rotatable bonds is 11. The van der Waals surface area contributed by atoms with Crippen LogP contribution in [0, 0.1) is 0 Å². The van der Waals surface area contributed by atoms with Crippen LogP contribution in [0.1, 0.15) is 32.6 Å². The van der Waals surface area contributed by atoms with Crippen LogP contribution in [0.5, 0.6) is 0 Å². The van der Waals surface area contributed by atoms with Crippen LogP contribution < -0.4 is 5.73 Å². The summed E-state index contributed by atoms with van der Waals surface area (Å²) in [6.07, 6.45) is 3.80. The van der Waals surface area contributed by atoms with Crippen LogP contribution in [-0.4, -0.2) is 69.2 Å². The topological polar surface area (TPSA) is 58.8 Å². The van der Waals surface area contributed by atoms with Crippen molar-refractivity contribution in [1.82, 2.24) is 9.80 Å². The van der Waals surface area contributed by atoms with Crippen LogP contribution in [-0.2, 0) is 9.53 Å². The van der Waals surface area contributed by atoms with E-state index in [-0.39, 0.29) is 11.9 Å². The molecule has 5 heteroatoms. The highest BCUT2D eigenvalue weighted by atomic mass is 16.5. The molecule has 0 aromatic carbocycles. The van der Waals surface area contributed by atoms with E-state index in [2.05, 4.69) is 11.8 Å². The third-order valence-corrected chi connectivity index (χ3v) is 3.10. The number of hydrogen-bond acceptors (Lipinski definition) is 4. The van der Waals surface area contributed by atoms with Gasteiger partial charge in [-0.2, -0.15) is 0 Å². The average molecular weight is 273 g/mol. The van der Waals surface area contributed by atoms with Crippen LogP contribution in [0.15, 0.2) is 0 Å². The Morgan fingerprint density at radius 3 is 2.42 bits per heavy atom. The summed E-state index contributed by atoms with van der Waals surface area (Å²) in [5.41, 5.74) is 5.97. The second-order valence-electron chi connectivity index (χ2n) is 5.22. The molecule has 0 aromatic heterocycles. The molecule has 0 aliphatic carbocycles. The molecule has 0 spiro atoms. The molecule has 0 fully saturated rings. The first-order valence-corrected chi connectivity index (χ1v) is 7.21. The van der Waals surface area contributed by atoms with Crippen molar-refractivity contribution in [3.05, 3.63) is 0 Å². The molecule has 1 atom stereocenters. The van der Waals surface area contributed by atoms with E-state index in [9.17, 15) is 4.79 Å². The molecule has 0 radical (unpaired) electrons. The third kappa shape index (κ3) is 8.97. The lowest BCUT2D eigenvalue weighted by atomic mass is 10.1. The molecule has 0 saturated heterocycles. The summed E-state index contributed by atoms with van der Waals surface area (Å²) in [4.78, 5) is 16.2. The highest BCUT2D eigenvalue weighted by molar-refractivity contribution is 5.81. The molecule has 0 aliphatic heterocycles. The van der Waals surface area contributed by atoms with Gasteiger partial charge in [-0.1, -0.05) is 19.8 Å². The van der Waals surface area contributed by atoms with Gasteiger partial charge in [0.05, 0.1) is 12.6 Å². The Kier molecular flexibility index (Phi) is 10.8. The summed E-state index contributed by atoms with van der Waals surface area (Å²) in [7, 11) is 5.72. The third-order valence-electron chi connectivity index (χ3n) is 3.10. The molecule has 0 heterocycles. The van der Waals surface area contributed by atoms with Crippen molar-refractivity contribution in [2.24, 2.45) is 5.73 Å². The van der Waals surface area contributed by atoms with Gasteiger partial charge in [0.25, 0.3) is 0 Å². The molecule has 19 heavy (non-hydrogen) atoms. The zero-order chi connectivity index (χ0) is 14.7.